The topological polar surface area (TPSA) is 72.2 Å². The molecule has 0 saturated carbocycles. The van der Waals surface area contributed by atoms with Crippen molar-refractivity contribution in [3.63, 3.8) is 0 Å². The van der Waals surface area contributed by atoms with E-state index in [9.17, 15) is 12.8 Å². The predicted octanol–water partition coefficient (Wildman–Crippen LogP) is 2.73. The summed E-state index contributed by atoms with van der Waals surface area (Å²) < 4.78 is 40.6. The summed E-state index contributed by atoms with van der Waals surface area (Å²) in [6.07, 6.45) is 0. The monoisotopic (exact) mass is 328 g/mol. The van der Waals surface area contributed by atoms with Crippen LogP contribution < -0.4 is 10.5 Å². The minimum atomic E-state index is -3.94. The highest BCUT2D eigenvalue weighted by molar-refractivity contribution is 7.89. The predicted molar refractivity (Wildman–Crippen MR) is 83.3 cm³/mol. The molecular weight excluding hydrogens is 311 g/mol. The number of nitrogens with one attached hydrogen (secondary N) is 1. The molecule has 0 aliphatic rings. The van der Waals surface area contributed by atoms with Crippen LogP contribution in [0.25, 0.3) is 0 Å². The van der Waals surface area contributed by atoms with Crippen LogP contribution in [0.3, 0.4) is 0 Å². The Balaban J connectivity index is 2.21. The van der Waals surface area contributed by atoms with Crippen LogP contribution in [0.4, 0.5) is 10.1 Å². The number of anilines is 1. The quantitative estimate of drug-likeness (QED) is 0.829. The molecule has 2 rings (SSSR count). The lowest BCUT2D eigenvalue weighted by molar-refractivity contribution is 0.504. The zero-order valence-corrected chi connectivity index (χ0v) is 13.4. The van der Waals surface area contributed by atoms with Gasteiger partial charge in [0.1, 0.15) is 10.7 Å². The van der Waals surface area contributed by atoms with Crippen molar-refractivity contribution >= 4 is 27.0 Å². The lowest BCUT2D eigenvalue weighted by Gasteiger charge is -2.23. The number of halogens is 1. The van der Waals surface area contributed by atoms with Gasteiger partial charge in [0.15, 0.2) is 0 Å². The summed E-state index contributed by atoms with van der Waals surface area (Å²) in [4.78, 5) is 0.628. The van der Waals surface area contributed by atoms with Crippen LogP contribution in [0.15, 0.2) is 40.6 Å². The fraction of sp³-hybridized carbons (Fsp3) is 0.286. The number of hydrogen-bond donors (Lipinski definition) is 2. The first-order chi connectivity index (χ1) is 9.72. The average Bonchev–Trinajstić information content (AvgIpc) is 2.94. The Morgan fingerprint density at radius 2 is 2.05 bits per heavy atom. The highest BCUT2D eigenvalue weighted by Crippen LogP contribution is 2.27. The molecule has 21 heavy (non-hydrogen) atoms. The number of nitrogens with two attached hydrogens (primary N) is 1. The minimum Gasteiger partial charge on any atom is -0.399 e. The van der Waals surface area contributed by atoms with Crippen molar-refractivity contribution in [2.24, 2.45) is 0 Å². The van der Waals surface area contributed by atoms with E-state index in [0.717, 1.165) is 17.0 Å². The molecule has 1 aromatic heterocycles. The molecular formula is C14H17FN2O2S2. The van der Waals surface area contributed by atoms with Gasteiger partial charge in [0.25, 0.3) is 0 Å². The van der Waals surface area contributed by atoms with E-state index in [0.29, 0.717) is 0 Å². The van der Waals surface area contributed by atoms with E-state index in [1.54, 1.807) is 11.3 Å². The van der Waals surface area contributed by atoms with Gasteiger partial charge in [-0.15, -0.1) is 11.3 Å². The van der Waals surface area contributed by atoms with Crippen molar-refractivity contribution < 1.29 is 12.8 Å². The summed E-state index contributed by atoms with van der Waals surface area (Å²) in [5.41, 5.74) is 5.35. The van der Waals surface area contributed by atoms with E-state index < -0.39 is 20.7 Å². The molecule has 1 heterocycles. The number of nitrogen functional groups attached to an aromatic ring is 1. The van der Waals surface area contributed by atoms with E-state index >= 15 is 0 Å². The highest BCUT2D eigenvalue weighted by atomic mass is 32.2. The third-order valence-electron chi connectivity index (χ3n) is 3.14. The molecule has 4 nitrogen and oxygen atoms in total. The molecule has 0 unspecified atom stereocenters. The lowest BCUT2D eigenvalue weighted by Crippen LogP contribution is -2.36. The van der Waals surface area contributed by atoms with Crippen LogP contribution >= 0.6 is 11.3 Å². The summed E-state index contributed by atoms with van der Waals surface area (Å²) in [5, 5.41) is 1.93. The first kappa shape index (κ1) is 15.9. The maximum Gasteiger partial charge on any atom is 0.243 e. The molecule has 114 valence electrons. The highest BCUT2D eigenvalue weighted by Gasteiger charge is 2.26. The van der Waals surface area contributed by atoms with Crippen LogP contribution in [0.5, 0.6) is 0 Å². The Morgan fingerprint density at radius 1 is 1.33 bits per heavy atom. The lowest BCUT2D eigenvalue weighted by atomic mass is 9.92. The summed E-state index contributed by atoms with van der Waals surface area (Å²) in [5.74, 6) is -0.814. The van der Waals surface area contributed by atoms with Gasteiger partial charge in [0.2, 0.25) is 10.0 Å². The van der Waals surface area contributed by atoms with E-state index in [4.69, 9.17) is 5.73 Å². The fourth-order valence-corrected chi connectivity index (χ4v) is 4.00. The number of rotatable bonds is 5. The second-order valence-electron chi connectivity index (χ2n) is 5.38. The van der Waals surface area contributed by atoms with Crippen LogP contribution in [-0.2, 0) is 15.4 Å². The second kappa shape index (κ2) is 5.75. The van der Waals surface area contributed by atoms with Gasteiger partial charge in [-0.3, -0.25) is 0 Å². The normalized spacial score (nSPS) is 12.5. The van der Waals surface area contributed by atoms with Crippen molar-refractivity contribution in [3.8, 4) is 0 Å². The van der Waals surface area contributed by atoms with Gasteiger partial charge in [0, 0.05) is 22.5 Å². The Morgan fingerprint density at radius 3 is 2.67 bits per heavy atom. The van der Waals surface area contributed by atoms with Crippen molar-refractivity contribution in [3.05, 3.63) is 46.4 Å². The molecule has 0 spiro atoms. The van der Waals surface area contributed by atoms with Crippen LogP contribution in [-0.4, -0.2) is 15.0 Å². The third kappa shape index (κ3) is 3.61. The summed E-state index contributed by atoms with van der Waals surface area (Å²) in [7, 11) is -3.94. The van der Waals surface area contributed by atoms with Gasteiger partial charge in [-0.1, -0.05) is 19.9 Å². The van der Waals surface area contributed by atoms with Crippen LogP contribution in [0.1, 0.15) is 18.7 Å². The maximum atomic E-state index is 13.7. The van der Waals surface area contributed by atoms with Crippen molar-refractivity contribution in [2.45, 2.75) is 24.2 Å². The first-order valence-corrected chi connectivity index (χ1v) is 8.67. The number of benzene rings is 1. The zero-order valence-electron chi connectivity index (χ0n) is 11.8. The Kier molecular flexibility index (Phi) is 4.36. The van der Waals surface area contributed by atoms with Crippen LogP contribution in [0.2, 0.25) is 0 Å². The second-order valence-corrected chi connectivity index (χ2v) is 8.06. The van der Waals surface area contributed by atoms with E-state index in [1.165, 1.54) is 6.07 Å². The zero-order chi connectivity index (χ0) is 15.7. The Hall–Kier alpha value is -1.44. The third-order valence-corrected chi connectivity index (χ3v) is 5.79. The number of sulfonamides is 1. The van der Waals surface area contributed by atoms with Gasteiger partial charge in [-0.05, 0) is 29.6 Å². The van der Waals surface area contributed by atoms with E-state index in [2.05, 4.69) is 4.72 Å². The van der Waals surface area contributed by atoms with Gasteiger partial charge in [-0.25, -0.2) is 17.5 Å². The summed E-state index contributed by atoms with van der Waals surface area (Å²) in [6, 6.07) is 7.35. The molecule has 0 aliphatic carbocycles. The molecule has 0 radical (unpaired) electrons. The molecule has 0 atom stereocenters. The summed E-state index contributed by atoms with van der Waals surface area (Å²) in [6.45, 7) is 4.03. The minimum absolute atomic E-state index is 0.171. The molecule has 2 aromatic rings. The molecule has 1 aromatic carbocycles. The largest absolute Gasteiger partial charge is 0.399 e. The van der Waals surface area contributed by atoms with Crippen LogP contribution in [0, 0.1) is 5.82 Å². The number of thiophene rings is 1. The molecule has 0 amide bonds. The van der Waals surface area contributed by atoms with Gasteiger partial charge >= 0.3 is 0 Å². The molecule has 0 fully saturated rings. The standard InChI is InChI=1S/C14H17FN2O2S2/c1-14(2,13-4-3-7-20-13)9-17-21(18,19)12-8-10(16)5-6-11(12)15/h3-8,17H,9,16H2,1-2H3. The molecule has 0 saturated heterocycles. The molecule has 7 heteroatoms. The fourth-order valence-electron chi connectivity index (χ4n) is 1.83. The van der Waals surface area contributed by atoms with Crippen molar-refractivity contribution in [2.75, 3.05) is 12.3 Å². The van der Waals surface area contributed by atoms with Crippen molar-refractivity contribution in [1.82, 2.24) is 4.72 Å². The summed E-state index contributed by atoms with van der Waals surface area (Å²) >= 11 is 1.55. The molecule has 0 bridgehead atoms. The van der Waals surface area contributed by atoms with E-state index in [1.807, 2.05) is 31.4 Å². The van der Waals surface area contributed by atoms with Gasteiger partial charge < -0.3 is 5.73 Å². The average molecular weight is 328 g/mol. The SMILES string of the molecule is CC(C)(CNS(=O)(=O)c1cc(N)ccc1F)c1cccs1. The molecule has 3 N–H and O–H groups in total. The Bertz CT molecular complexity index is 725. The van der Waals surface area contributed by atoms with E-state index in [-0.39, 0.29) is 17.6 Å². The smallest absolute Gasteiger partial charge is 0.243 e. The van der Waals surface area contributed by atoms with Gasteiger partial charge in [-0.2, -0.15) is 0 Å². The first-order valence-electron chi connectivity index (χ1n) is 6.31. The van der Waals surface area contributed by atoms with Crippen molar-refractivity contribution in [1.29, 1.82) is 0 Å². The molecule has 0 aliphatic heterocycles. The maximum absolute atomic E-state index is 13.7. The number of hydrogen-bond acceptors (Lipinski definition) is 4. The van der Waals surface area contributed by atoms with Gasteiger partial charge in [0.05, 0.1) is 0 Å². The Labute approximate surface area is 127 Å².